The summed E-state index contributed by atoms with van der Waals surface area (Å²) < 4.78 is 10.9. The Kier molecular flexibility index (Phi) is 8.40. The number of rotatable bonds is 7. The highest BCUT2D eigenvalue weighted by atomic mass is 16.5. The molecule has 0 unspecified atom stereocenters. The Labute approximate surface area is 167 Å². The van der Waals surface area contributed by atoms with Crippen LogP contribution in [0.5, 0.6) is 5.75 Å². The molecule has 1 heterocycles. The maximum absolute atomic E-state index is 11.5. The van der Waals surface area contributed by atoms with Gasteiger partial charge in [0.05, 0.1) is 13.3 Å². The molecular formula is C24H27NO3. The van der Waals surface area contributed by atoms with Gasteiger partial charge in [0.15, 0.2) is 0 Å². The van der Waals surface area contributed by atoms with E-state index in [4.69, 9.17) is 9.47 Å². The van der Waals surface area contributed by atoms with Gasteiger partial charge in [0.1, 0.15) is 5.75 Å². The SMILES string of the molecule is C=C.C=CCOCN1Cc2ccccc2[C@@H](c2cccc(OC(=O)C=C)c2)C1. The minimum absolute atomic E-state index is 0.190. The molecular weight excluding hydrogens is 350 g/mol. The number of hydrogen-bond acceptors (Lipinski definition) is 4. The molecule has 28 heavy (non-hydrogen) atoms. The summed E-state index contributed by atoms with van der Waals surface area (Å²) in [5.74, 6) is 0.269. The molecule has 146 valence electrons. The summed E-state index contributed by atoms with van der Waals surface area (Å²) in [4.78, 5) is 13.8. The lowest BCUT2D eigenvalue weighted by Gasteiger charge is -2.34. The van der Waals surface area contributed by atoms with Crippen LogP contribution in [0, 0.1) is 0 Å². The van der Waals surface area contributed by atoms with Crippen molar-refractivity contribution in [3.8, 4) is 5.75 Å². The molecule has 4 heteroatoms. The van der Waals surface area contributed by atoms with Crippen LogP contribution < -0.4 is 4.74 Å². The van der Waals surface area contributed by atoms with Crippen molar-refractivity contribution in [1.82, 2.24) is 4.90 Å². The van der Waals surface area contributed by atoms with E-state index in [9.17, 15) is 4.79 Å². The van der Waals surface area contributed by atoms with Gasteiger partial charge in [-0.05, 0) is 28.8 Å². The van der Waals surface area contributed by atoms with E-state index in [1.165, 1.54) is 17.2 Å². The van der Waals surface area contributed by atoms with E-state index >= 15 is 0 Å². The fraction of sp³-hybridized carbons (Fsp3) is 0.208. The van der Waals surface area contributed by atoms with Crippen molar-refractivity contribution in [2.24, 2.45) is 0 Å². The summed E-state index contributed by atoms with van der Waals surface area (Å²) in [5.41, 5.74) is 3.71. The zero-order chi connectivity index (χ0) is 20.4. The van der Waals surface area contributed by atoms with Gasteiger partial charge in [-0.1, -0.05) is 49.1 Å². The minimum Gasteiger partial charge on any atom is -0.423 e. The van der Waals surface area contributed by atoms with Crippen LogP contribution in [-0.4, -0.2) is 30.8 Å². The zero-order valence-electron chi connectivity index (χ0n) is 16.2. The molecule has 0 saturated heterocycles. The first-order valence-corrected chi connectivity index (χ1v) is 9.14. The largest absolute Gasteiger partial charge is 0.423 e. The molecule has 0 N–H and O–H groups in total. The van der Waals surface area contributed by atoms with E-state index in [1.807, 2.05) is 12.1 Å². The maximum Gasteiger partial charge on any atom is 0.335 e. The quantitative estimate of drug-likeness (QED) is 0.231. The summed E-state index contributed by atoms with van der Waals surface area (Å²) in [6.45, 7) is 15.9. The number of nitrogens with zero attached hydrogens (tertiary/aromatic N) is 1. The third-order valence-electron chi connectivity index (χ3n) is 4.42. The van der Waals surface area contributed by atoms with E-state index in [1.54, 1.807) is 12.1 Å². The molecule has 4 nitrogen and oxygen atoms in total. The topological polar surface area (TPSA) is 38.8 Å². The van der Waals surface area contributed by atoms with Crippen LogP contribution in [0.25, 0.3) is 0 Å². The third kappa shape index (κ3) is 5.52. The fourth-order valence-electron chi connectivity index (χ4n) is 3.28. The van der Waals surface area contributed by atoms with Gasteiger partial charge in [-0.15, -0.1) is 19.7 Å². The molecule has 2 aromatic rings. The lowest BCUT2D eigenvalue weighted by atomic mass is 9.85. The van der Waals surface area contributed by atoms with Gasteiger partial charge >= 0.3 is 5.97 Å². The molecule has 1 aliphatic rings. The van der Waals surface area contributed by atoms with Crippen LogP contribution in [0.15, 0.2) is 87.0 Å². The van der Waals surface area contributed by atoms with Gasteiger partial charge in [0, 0.05) is 25.1 Å². The van der Waals surface area contributed by atoms with Gasteiger partial charge in [-0.2, -0.15) is 0 Å². The number of carbonyl (C=O) groups is 1. The van der Waals surface area contributed by atoms with Gasteiger partial charge < -0.3 is 9.47 Å². The van der Waals surface area contributed by atoms with Crippen molar-refractivity contribution >= 4 is 5.97 Å². The van der Waals surface area contributed by atoms with E-state index in [0.717, 1.165) is 18.7 Å². The smallest absolute Gasteiger partial charge is 0.335 e. The number of benzene rings is 2. The predicted molar refractivity (Wildman–Crippen MR) is 113 cm³/mol. The maximum atomic E-state index is 11.5. The molecule has 0 aromatic heterocycles. The average Bonchev–Trinajstić information content (AvgIpc) is 2.75. The fourth-order valence-corrected chi connectivity index (χ4v) is 3.28. The first kappa shape index (κ1) is 21.4. The number of hydrogen-bond donors (Lipinski definition) is 0. The Bertz CT molecular complexity index is 815. The van der Waals surface area contributed by atoms with Crippen molar-refractivity contribution in [2.45, 2.75) is 12.5 Å². The summed E-state index contributed by atoms with van der Waals surface area (Å²) in [6.07, 6.45) is 2.92. The monoisotopic (exact) mass is 377 g/mol. The molecule has 1 aliphatic heterocycles. The first-order chi connectivity index (χ1) is 13.7. The van der Waals surface area contributed by atoms with E-state index in [-0.39, 0.29) is 5.92 Å². The van der Waals surface area contributed by atoms with E-state index < -0.39 is 5.97 Å². The summed E-state index contributed by atoms with van der Waals surface area (Å²) in [7, 11) is 0. The van der Waals surface area contributed by atoms with Gasteiger partial charge in [-0.3, -0.25) is 4.90 Å². The predicted octanol–water partition coefficient (Wildman–Crippen LogP) is 4.69. The van der Waals surface area contributed by atoms with Crippen LogP contribution in [0.4, 0.5) is 0 Å². The lowest BCUT2D eigenvalue weighted by molar-refractivity contribution is -0.128. The molecule has 0 aliphatic carbocycles. The highest BCUT2D eigenvalue weighted by Crippen LogP contribution is 2.34. The lowest BCUT2D eigenvalue weighted by Crippen LogP contribution is -2.35. The van der Waals surface area contributed by atoms with E-state index in [2.05, 4.69) is 61.5 Å². The standard InChI is InChI=1S/C22H23NO3.C2H4/c1-3-12-25-16-23-14-18-8-5-6-11-20(18)21(15-23)17-9-7-10-19(13-17)26-22(24)4-2;1-2/h3-11,13,21H,1-2,12,14-16H2;1-2H2/t21-;/m1./s1. The molecule has 0 bridgehead atoms. The molecule has 0 fully saturated rings. The summed E-state index contributed by atoms with van der Waals surface area (Å²) in [5, 5.41) is 0. The Morgan fingerprint density at radius 2 is 1.93 bits per heavy atom. The number of fused-ring (bicyclic) bond motifs is 1. The summed E-state index contributed by atoms with van der Waals surface area (Å²) in [6, 6.07) is 16.1. The average molecular weight is 377 g/mol. The van der Waals surface area contributed by atoms with Crippen LogP contribution in [0.1, 0.15) is 22.6 Å². The Morgan fingerprint density at radius 1 is 1.14 bits per heavy atom. The van der Waals surface area contributed by atoms with Crippen LogP contribution in [0.3, 0.4) is 0 Å². The van der Waals surface area contributed by atoms with Crippen molar-refractivity contribution in [3.05, 3.63) is 104 Å². The second-order valence-electron chi connectivity index (χ2n) is 6.25. The first-order valence-electron chi connectivity index (χ1n) is 9.14. The van der Waals surface area contributed by atoms with Gasteiger partial charge in [0.25, 0.3) is 0 Å². The molecule has 0 saturated carbocycles. The second-order valence-corrected chi connectivity index (χ2v) is 6.25. The second kappa shape index (κ2) is 11.0. The van der Waals surface area contributed by atoms with Crippen molar-refractivity contribution in [1.29, 1.82) is 0 Å². The highest BCUT2D eigenvalue weighted by molar-refractivity contribution is 5.83. The highest BCUT2D eigenvalue weighted by Gasteiger charge is 2.26. The normalized spacial score (nSPS) is 15.5. The molecule has 0 radical (unpaired) electrons. The van der Waals surface area contributed by atoms with Crippen molar-refractivity contribution in [2.75, 3.05) is 19.9 Å². The summed E-state index contributed by atoms with van der Waals surface area (Å²) >= 11 is 0. The van der Waals surface area contributed by atoms with Crippen molar-refractivity contribution in [3.63, 3.8) is 0 Å². The Hall–Kier alpha value is -2.95. The van der Waals surface area contributed by atoms with E-state index in [0.29, 0.717) is 19.1 Å². The minimum atomic E-state index is -0.453. The van der Waals surface area contributed by atoms with Crippen LogP contribution in [-0.2, 0) is 16.1 Å². The molecule has 3 rings (SSSR count). The zero-order valence-corrected chi connectivity index (χ0v) is 16.2. The van der Waals surface area contributed by atoms with Gasteiger partial charge in [-0.25, -0.2) is 4.79 Å². The van der Waals surface area contributed by atoms with Crippen LogP contribution in [0.2, 0.25) is 0 Å². The Balaban J connectivity index is 0.00000136. The number of ether oxygens (including phenoxy) is 2. The molecule has 0 spiro atoms. The Morgan fingerprint density at radius 3 is 2.68 bits per heavy atom. The molecule has 2 aromatic carbocycles. The molecule has 0 amide bonds. The third-order valence-corrected chi connectivity index (χ3v) is 4.42. The molecule has 1 atom stereocenters. The number of esters is 1. The number of carbonyl (C=O) groups excluding carboxylic acids is 1. The van der Waals surface area contributed by atoms with Crippen molar-refractivity contribution < 1.29 is 14.3 Å². The van der Waals surface area contributed by atoms with Gasteiger partial charge in [0.2, 0.25) is 0 Å². The van der Waals surface area contributed by atoms with Crippen LogP contribution >= 0.6 is 0 Å².